The van der Waals surface area contributed by atoms with E-state index in [1.54, 1.807) is 13.1 Å². The summed E-state index contributed by atoms with van der Waals surface area (Å²) < 4.78 is 0. The van der Waals surface area contributed by atoms with E-state index >= 15 is 0 Å². The van der Waals surface area contributed by atoms with Crippen LogP contribution in [0.25, 0.3) is 0 Å². The highest BCUT2D eigenvalue weighted by molar-refractivity contribution is 7.09. The van der Waals surface area contributed by atoms with Gasteiger partial charge in [0.2, 0.25) is 0 Å². The monoisotopic (exact) mass is 273 g/mol. The lowest BCUT2D eigenvalue weighted by Crippen LogP contribution is -2.38. The Balaban J connectivity index is 2.24. The molecule has 0 spiro atoms. The molecular weight excluding hydrogens is 258 g/mol. The minimum atomic E-state index is -1.46. The summed E-state index contributed by atoms with van der Waals surface area (Å²) in [5.74, 6) is -1.30. The molecule has 2 amide bonds. The Hall–Kier alpha value is -1.67. The third-order valence-electron chi connectivity index (χ3n) is 2.16. The van der Waals surface area contributed by atoms with E-state index < -0.39 is 18.1 Å². The van der Waals surface area contributed by atoms with E-state index in [4.69, 9.17) is 10.2 Å². The lowest BCUT2D eigenvalue weighted by molar-refractivity contribution is -0.146. The Labute approximate surface area is 108 Å². The summed E-state index contributed by atoms with van der Waals surface area (Å²) in [6, 6.07) is -0.635. The number of rotatable bonds is 6. The molecule has 0 aliphatic heterocycles. The van der Waals surface area contributed by atoms with Crippen LogP contribution in [0.15, 0.2) is 11.6 Å². The van der Waals surface area contributed by atoms with E-state index in [1.165, 1.54) is 11.3 Å². The number of aliphatic hydroxyl groups excluding tert-OH is 1. The van der Waals surface area contributed by atoms with E-state index in [0.717, 1.165) is 5.01 Å². The van der Waals surface area contributed by atoms with Gasteiger partial charge in [0.25, 0.3) is 0 Å². The number of nitrogens with zero attached hydrogens (tertiary/aromatic N) is 1. The number of aliphatic hydroxyl groups is 1. The number of carbonyl (C=O) groups is 2. The molecule has 1 heterocycles. The van der Waals surface area contributed by atoms with E-state index in [-0.39, 0.29) is 19.0 Å². The van der Waals surface area contributed by atoms with E-state index in [0.29, 0.717) is 0 Å². The van der Waals surface area contributed by atoms with Gasteiger partial charge < -0.3 is 20.8 Å². The van der Waals surface area contributed by atoms with Gasteiger partial charge in [-0.2, -0.15) is 0 Å². The van der Waals surface area contributed by atoms with Gasteiger partial charge in [0.15, 0.2) is 6.10 Å². The van der Waals surface area contributed by atoms with Crippen LogP contribution in [0.5, 0.6) is 0 Å². The largest absolute Gasteiger partial charge is 0.479 e. The fourth-order valence-corrected chi connectivity index (χ4v) is 1.85. The molecule has 0 aliphatic rings. The van der Waals surface area contributed by atoms with Crippen molar-refractivity contribution in [3.63, 3.8) is 0 Å². The highest BCUT2D eigenvalue weighted by Crippen LogP contribution is 2.14. The molecule has 1 rings (SSSR count). The van der Waals surface area contributed by atoms with Crippen LogP contribution in [0.1, 0.15) is 24.4 Å². The fraction of sp³-hybridized carbons (Fsp3) is 0.500. The number of hydrogen-bond donors (Lipinski definition) is 4. The second-order valence-corrected chi connectivity index (χ2v) is 4.56. The first-order chi connectivity index (χ1) is 8.50. The second kappa shape index (κ2) is 6.92. The first-order valence-corrected chi connectivity index (χ1v) is 6.23. The zero-order chi connectivity index (χ0) is 13.5. The van der Waals surface area contributed by atoms with Crippen molar-refractivity contribution >= 4 is 23.3 Å². The molecule has 8 heteroatoms. The normalized spacial score (nSPS) is 13.7. The molecule has 0 fully saturated rings. The molecule has 0 aromatic carbocycles. The van der Waals surface area contributed by atoms with Crippen LogP contribution in [-0.4, -0.2) is 39.8 Å². The molecule has 1 aromatic heterocycles. The van der Waals surface area contributed by atoms with Crippen molar-refractivity contribution in [2.45, 2.75) is 25.5 Å². The lowest BCUT2D eigenvalue weighted by atomic mass is 10.2. The summed E-state index contributed by atoms with van der Waals surface area (Å²) >= 11 is 1.43. The SMILES string of the molecule is CC(NC(=O)NCCC(O)C(=O)O)c1nccs1. The quantitative estimate of drug-likeness (QED) is 0.597. The predicted octanol–water partition coefficient (Wildman–Crippen LogP) is 0.339. The molecule has 0 bridgehead atoms. The minimum absolute atomic E-state index is 0.0333. The number of aromatic nitrogens is 1. The zero-order valence-corrected chi connectivity index (χ0v) is 10.6. The zero-order valence-electron chi connectivity index (χ0n) is 9.79. The van der Waals surface area contributed by atoms with Crippen molar-refractivity contribution in [3.05, 3.63) is 16.6 Å². The molecule has 1 aromatic rings. The van der Waals surface area contributed by atoms with Crippen molar-refractivity contribution in [2.75, 3.05) is 6.54 Å². The minimum Gasteiger partial charge on any atom is -0.479 e. The number of carboxylic acids is 1. The first-order valence-electron chi connectivity index (χ1n) is 5.35. The summed E-state index contributed by atoms with van der Waals surface area (Å²) in [4.78, 5) is 25.8. The second-order valence-electron chi connectivity index (χ2n) is 3.63. The van der Waals surface area contributed by atoms with Crippen molar-refractivity contribution < 1.29 is 19.8 Å². The predicted molar refractivity (Wildman–Crippen MR) is 65.3 cm³/mol. The Kier molecular flexibility index (Phi) is 5.53. The van der Waals surface area contributed by atoms with Gasteiger partial charge in [-0.1, -0.05) is 0 Å². The maximum absolute atomic E-state index is 11.4. The highest BCUT2D eigenvalue weighted by Gasteiger charge is 2.14. The van der Waals surface area contributed by atoms with Crippen LogP contribution < -0.4 is 10.6 Å². The van der Waals surface area contributed by atoms with E-state index in [9.17, 15) is 9.59 Å². The molecule has 2 unspecified atom stereocenters. The molecular formula is C10H15N3O4S. The molecule has 100 valence electrons. The van der Waals surface area contributed by atoms with Gasteiger partial charge in [0.1, 0.15) is 5.01 Å². The van der Waals surface area contributed by atoms with Crippen LogP contribution in [0, 0.1) is 0 Å². The summed E-state index contributed by atoms with van der Waals surface area (Å²) in [6.45, 7) is 1.88. The van der Waals surface area contributed by atoms with Gasteiger partial charge in [-0.05, 0) is 6.92 Å². The third kappa shape index (κ3) is 4.68. The number of carbonyl (C=O) groups excluding carboxylic acids is 1. The van der Waals surface area contributed by atoms with Crippen molar-refractivity contribution in [1.82, 2.24) is 15.6 Å². The van der Waals surface area contributed by atoms with Crippen LogP contribution >= 0.6 is 11.3 Å². The average molecular weight is 273 g/mol. The first kappa shape index (κ1) is 14.4. The smallest absolute Gasteiger partial charge is 0.332 e. The standard InChI is InChI=1S/C10H15N3O4S/c1-6(8-11-4-5-18-8)13-10(17)12-3-2-7(14)9(15)16/h4-7,14H,2-3H2,1H3,(H,15,16)(H2,12,13,17). The Morgan fingerprint density at radius 3 is 2.83 bits per heavy atom. The van der Waals surface area contributed by atoms with Gasteiger partial charge >= 0.3 is 12.0 Å². The summed E-state index contributed by atoms with van der Waals surface area (Å²) in [5, 5.41) is 25.1. The molecule has 0 aliphatic carbocycles. The van der Waals surface area contributed by atoms with Gasteiger partial charge in [-0.15, -0.1) is 11.3 Å². The average Bonchev–Trinajstić information content (AvgIpc) is 2.81. The fourth-order valence-electron chi connectivity index (χ4n) is 1.20. The number of thiazole rings is 1. The summed E-state index contributed by atoms with van der Waals surface area (Å²) in [5.41, 5.74) is 0. The van der Waals surface area contributed by atoms with Crippen molar-refractivity contribution in [2.24, 2.45) is 0 Å². The molecule has 0 saturated carbocycles. The van der Waals surface area contributed by atoms with E-state index in [2.05, 4.69) is 15.6 Å². The van der Waals surface area contributed by atoms with Crippen molar-refractivity contribution in [3.8, 4) is 0 Å². The molecule has 7 nitrogen and oxygen atoms in total. The van der Waals surface area contributed by atoms with Gasteiger partial charge in [-0.25, -0.2) is 14.6 Å². The molecule has 4 N–H and O–H groups in total. The number of hydrogen-bond acceptors (Lipinski definition) is 5. The van der Waals surface area contributed by atoms with E-state index in [1.807, 2.05) is 5.38 Å². The van der Waals surface area contributed by atoms with Crippen LogP contribution in [0.4, 0.5) is 4.79 Å². The summed E-state index contributed by atoms with van der Waals surface area (Å²) in [7, 11) is 0. The number of aliphatic carboxylic acids is 1. The highest BCUT2D eigenvalue weighted by atomic mass is 32.1. The maximum Gasteiger partial charge on any atom is 0.332 e. The number of amides is 2. The number of nitrogens with one attached hydrogen (secondary N) is 2. The topological polar surface area (TPSA) is 112 Å². The molecule has 0 radical (unpaired) electrons. The molecule has 2 atom stereocenters. The maximum atomic E-state index is 11.4. The lowest BCUT2D eigenvalue weighted by Gasteiger charge is -2.12. The summed E-state index contributed by atoms with van der Waals surface area (Å²) in [6.07, 6.45) is 0.162. The van der Waals surface area contributed by atoms with Crippen LogP contribution in [0.3, 0.4) is 0 Å². The molecule has 18 heavy (non-hydrogen) atoms. The van der Waals surface area contributed by atoms with Crippen LogP contribution in [0.2, 0.25) is 0 Å². The number of carboxylic acid groups (broad SMARTS) is 1. The van der Waals surface area contributed by atoms with Crippen molar-refractivity contribution in [1.29, 1.82) is 0 Å². The van der Waals surface area contributed by atoms with Gasteiger partial charge in [0, 0.05) is 24.5 Å². The Bertz CT molecular complexity index is 396. The number of urea groups is 1. The molecule has 0 saturated heterocycles. The van der Waals surface area contributed by atoms with Gasteiger partial charge in [-0.3, -0.25) is 0 Å². The van der Waals surface area contributed by atoms with Gasteiger partial charge in [0.05, 0.1) is 6.04 Å². The Morgan fingerprint density at radius 2 is 2.28 bits per heavy atom. The Morgan fingerprint density at radius 1 is 1.56 bits per heavy atom. The third-order valence-corrected chi connectivity index (χ3v) is 3.12. The van der Waals surface area contributed by atoms with Crippen LogP contribution in [-0.2, 0) is 4.79 Å².